The molecule has 0 saturated heterocycles. The molecule has 2 N–H and O–H groups in total. The van der Waals surface area contributed by atoms with E-state index in [1.165, 1.54) is 25.3 Å². The van der Waals surface area contributed by atoms with E-state index in [0.29, 0.717) is 10.6 Å². The molecule has 1 aliphatic carbocycles. The normalized spacial score (nSPS) is 21.2. The number of hydrogen-bond acceptors (Lipinski definition) is 1. The van der Waals surface area contributed by atoms with E-state index >= 15 is 0 Å². The lowest BCUT2D eigenvalue weighted by molar-refractivity contribution is 0.168. The third-order valence-corrected chi connectivity index (χ3v) is 4.28. The van der Waals surface area contributed by atoms with E-state index in [2.05, 4.69) is 6.92 Å². The zero-order valence-corrected chi connectivity index (χ0v) is 10.9. The van der Waals surface area contributed by atoms with E-state index in [9.17, 15) is 4.39 Å². The van der Waals surface area contributed by atoms with Gasteiger partial charge in [-0.2, -0.15) is 0 Å². The van der Waals surface area contributed by atoms with Gasteiger partial charge in [-0.1, -0.05) is 43.9 Å². The van der Waals surface area contributed by atoms with Crippen LogP contribution in [0.4, 0.5) is 4.39 Å². The van der Waals surface area contributed by atoms with Gasteiger partial charge >= 0.3 is 0 Å². The van der Waals surface area contributed by atoms with E-state index in [1.807, 2.05) is 0 Å². The molecule has 0 aromatic heterocycles. The fourth-order valence-electron chi connectivity index (χ4n) is 2.80. The Morgan fingerprint density at radius 1 is 1.29 bits per heavy atom. The van der Waals surface area contributed by atoms with Crippen molar-refractivity contribution < 1.29 is 4.39 Å². The average molecular weight is 256 g/mol. The maximum absolute atomic E-state index is 13.9. The predicted molar refractivity (Wildman–Crippen MR) is 69.5 cm³/mol. The van der Waals surface area contributed by atoms with Crippen molar-refractivity contribution in [1.82, 2.24) is 0 Å². The van der Waals surface area contributed by atoms with Crippen LogP contribution in [-0.2, 0) is 0 Å². The van der Waals surface area contributed by atoms with Crippen LogP contribution in [0.3, 0.4) is 0 Å². The van der Waals surface area contributed by atoms with Crippen LogP contribution in [0.15, 0.2) is 18.2 Å². The van der Waals surface area contributed by atoms with Gasteiger partial charge in [-0.15, -0.1) is 0 Å². The van der Waals surface area contributed by atoms with Crippen LogP contribution in [0.1, 0.15) is 50.6 Å². The molecule has 94 valence electrons. The van der Waals surface area contributed by atoms with Crippen LogP contribution < -0.4 is 5.73 Å². The molecule has 1 atom stereocenters. The van der Waals surface area contributed by atoms with Crippen molar-refractivity contribution in [3.8, 4) is 0 Å². The molecule has 0 aliphatic heterocycles. The van der Waals surface area contributed by atoms with Crippen molar-refractivity contribution >= 4 is 11.6 Å². The topological polar surface area (TPSA) is 26.0 Å². The van der Waals surface area contributed by atoms with Crippen LogP contribution in [0, 0.1) is 11.2 Å². The molecule has 17 heavy (non-hydrogen) atoms. The minimum absolute atomic E-state index is 0.0208. The second-order valence-electron chi connectivity index (χ2n) is 5.36. The van der Waals surface area contributed by atoms with Crippen LogP contribution in [0.25, 0.3) is 0 Å². The summed E-state index contributed by atoms with van der Waals surface area (Å²) in [6, 6.07) is 4.55. The molecule has 0 spiro atoms. The van der Waals surface area contributed by atoms with Gasteiger partial charge in [0.15, 0.2) is 0 Å². The Hall–Kier alpha value is -0.600. The summed E-state index contributed by atoms with van der Waals surface area (Å²) in [6.45, 7) is 2.17. The molecule has 0 bridgehead atoms. The lowest BCUT2D eigenvalue weighted by atomic mass is 9.69. The maximum Gasteiger partial charge on any atom is 0.129 e. The van der Waals surface area contributed by atoms with Gasteiger partial charge < -0.3 is 5.73 Å². The lowest BCUT2D eigenvalue weighted by Crippen LogP contribution is -2.34. The highest BCUT2D eigenvalue weighted by atomic mass is 35.5. The Bertz CT molecular complexity index is 399. The zero-order valence-electron chi connectivity index (χ0n) is 10.2. The third kappa shape index (κ3) is 2.63. The number of nitrogens with two attached hydrogens (primary N) is 1. The second-order valence-corrected chi connectivity index (χ2v) is 5.79. The van der Waals surface area contributed by atoms with Gasteiger partial charge in [-0.05, 0) is 30.4 Å². The molecule has 1 saturated carbocycles. The molecule has 2 rings (SSSR count). The summed E-state index contributed by atoms with van der Waals surface area (Å²) in [7, 11) is 0. The van der Waals surface area contributed by atoms with Crippen molar-refractivity contribution in [2.24, 2.45) is 11.1 Å². The van der Waals surface area contributed by atoms with Gasteiger partial charge in [0.25, 0.3) is 0 Å². The second kappa shape index (κ2) is 4.95. The summed E-state index contributed by atoms with van der Waals surface area (Å²) in [5, 5.41) is 0.423. The zero-order chi connectivity index (χ0) is 12.5. The van der Waals surface area contributed by atoms with E-state index < -0.39 is 0 Å². The SMILES string of the molecule is CC1(C(N)c2ccc(Cl)cc2F)CCCCC1. The van der Waals surface area contributed by atoms with Crippen molar-refractivity contribution in [3.05, 3.63) is 34.6 Å². The summed E-state index contributed by atoms with van der Waals surface area (Å²) >= 11 is 5.76. The Kier molecular flexibility index (Phi) is 3.74. The molecule has 0 radical (unpaired) electrons. The van der Waals surface area contributed by atoms with Gasteiger partial charge in [0, 0.05) is 16.6 Å². The van der Waals surface area contributed by atoms with E-state index in [-0.39, 0.29) is 17.3 Å². The molecule has 1 aromatic carbocycles. The summed E-state index contributed by atoms with van der Waals surface area (Å²) in [5.74, 6) is -0.281. The van der Waals surface area contributed by atoms with Crippen molar-refractivity contribution in [1.29, 1.82) is 0 Å². The molecule has 0 heterocycles. The number of rotatable bonds is 2. The molecule has 3 heteroatoms. The van der Waals surface area contributed by atoms with Crippen LogP contribution in [0.2, 0.25) is 5.02 Å². The first-order valence-electron chi connectivity index (χ1n) is 6.23. The monoisotopic (exact) mass is 255 g/mol. The standard InChI is InChI=1S/C14H19ClFN/c1-14(7-3-2-4-8-14)13(17)11-6-5-10(15)9-12(11)16/h5-6,9,13H,2-4,7-8,17H2,1H3. The van der Waals surface area contributed by atoms with Crippen LogP contribution in [-0.4, -0.2) is 0 Å². The van der Waals surface area contributed by atoms with E-state index in [1.54, 1.807) is 12.1 Å². The number of hydrogen-bond donors (Lipinski definition) is 1. The molecule has 1 aliphatic rings. The molecule has 1 aromatic rings. The number of benzene rings is 1. The molecule has 1 unspecified atom stereocenters. The number of halogens is 2. The first kappa shape index (κ1) is 12.8. The molecule has 1 fully saturated rings. The molecule has 0 amide bonds. The van der Waals surface area contributed by atoms with Crippen molar-refractivity contribution in [2.45, 2.75) is 45.1 Å². The van der Waals surface area contributed by atoms with Crippen molar-refractivity contribution in [3.63, 3.8) is 0 Å². The van der Waals surface area contributed by atoms with Gasteiger partial charge in [-0.3, -0.25) is 0 Å². The smallest absolute Gasteiger partial charge is 0.129 e. The maximum atomic E-state index is 13.9. The minimum Gasteiger partial charge on any atom is -0.323 e. The first-order chi connectivity index (χ1) is 8.03. The minimum atomic E-state index is -0.281. The summed E-state index contributed by atoms with van der Waals surface area (Å²) < 4.78 is 13.9. The first-order valence-corrected chi connectivity index (χ1v) is 6.61. The molecular formula is C14H19ClFN. The van der Waals surface area contributed by atoms with Crippen LogP contribution >= 0.6 is 11.6 Å². The predicted octanol–water partition coefficient (Wildman–Crippen LogP) is 4.45. The van der Waals surface area contributed by atoms with Gasteiger partial charge in [0.1, 0.15) is 5.82 Å². The van der Waals surface area contributed by atoms with E-state index in [4.69, 9.17) is 17.3 Å². The van der Waals surface area contributed by atoms with E-state index in [0.717, 1.165) is 12.8 Å². The highest BCUT2D eigenvalue weighted by Crippen LogP contribution is 2.44. The van der Waals surface area contributed by atoms with Crippen LogP contribution in [0.5, 0.6) is 0 Å². The van der Waals surface area contributed by atoms with Gasteiger partial charge in [0.05, 0.1) is 0 Å². The Balaban J connectivity index is 2.26. The Morgan fingerprint density at radius 3 is 2.53 bits per heavy atom. The highest BCUT2D eigenvalue weighted by molar-refractivity contribution is 6.30. The summed E-state index contributed by atoms with van der Waals surface area (Å²) in [6.07, 6.45) is 5.82. The largest absolute Gasteiger partial charge is 0.323 e. The Morgan fingerprint density at radius 2 is 1.94 bits per heavy atom. The lowest BCUT2D eigenvalue weighted by Gasteiger charge is -2.39. The summed E-state index contributed by atoms with van der Waals surface area (Å²) in [4.78, 5) is 0. The summed E-state index contributed by atoms with van der Waals surface area (Å²) in [5.41, 5.74) is 6.89. The third-order valence-electron chi connectivity index (χ3n) is 4.04. The quantitative estimate of drug-likeness (QED) is 0.830. The molecule has 1 nitrogen and oxygen atoms in total. The molecular weight excluding hydrogens is 237 g/mol. The fourth-order valence-corrected chi connectivity index (χ4v) is 2.96. The average Bonchev–Trinajstić information content (AvgIpc) is 2.29. The van der Waals surface area contributed by atoms with Crippen molar-refractivity contribution in [2.75, 3.05) is 0 Å². The fraction of sp³-hybridized carbons (Fsp3) is 0.571. The van der Waals surface area contributed by atoms with Gasteiger partial charge in [-0.25, -0.2) is 4.39 Å². The highest BCUT2D eigenvalue weighted by Gasteiger charge is 2.35. The van der Waals surface area contributed by atoms with Gasteiger partial charge in [0.2, 0.25) is 0 Å². The Labute approximate surface area is 107 Å².